The molecule has 0 unspecified atom stereocenters. The minimum absolute atomic E-state index is 0.341. The van der Waals surface area contributed by atoms with E-state index < -0.39 is 0 Å². The number of urea groups is 1. The summed E-state index contributed by atoms with van der Waals surface area (Å²) in [5.74, 6) is 0.428. The Morgan fingerprint density at radius 3 is 2.54 bits per heavy atom. The molecule has 26 heavy (non-hydrogen) atoms. The Morgan fingerprint density at radius 2 is 1.85 bits per heavy atom. The highest BCUT2D eigenvalue weighted by molar-refractivity contribution is 7.98. The van der Waals surface area contributed by atoms with Crippen molar-refractivity contribution in [2.24, 2.45) is 0 Å². The third-order valence-electron chi connectivity index (χ3n) is 3.51. The first kappa shape index (κ1) is 17.7. The lowest BCUT2D eigenvalue weighted by Gasteiger charge is -2.10. The van der Waals surface area contributed by atoms with Crippen molar-refractivity contribution in [2.75, 3.05) is 35.9 Å². The van der Waals surface area contributed by atoms with Crippen LogP contribution in [-0.2, 0) is 0 Å². The van der Waals surface area contributed by atoms with E-state index in [1.54, 1.807) is 36.5 Å². The molecule has 0 radical (unpaired) electrons. The van der Waals surface area contributed by atoms with E-state index in [0.29, 0.717) is 11.6 Å². The van der Waals surface area contributed by atoms with Crippen molar-refractivity contribution < 1.29 is 4.79 Å². The molecule has 0 aliphatic heterocycles. The largest absolute Gasteiger partial charge is 0.375 e. The lowest BCUT2D eigenvalue weighted by Crippen LogP contribution is -2.19. The second kappa shape index (κ2) is 7.87. The molecule has 0 fully saturated rings. The van der Waals surface area contributed by atoms with Crippen molar-refractivity contribution in [3.63, 3.8) is 0 Å². The number of carbonyl (C=O) groups excluding carboxylic acids is 1. The van der Waals surface area contributed by atoms with Gasteiger partial charge in [0.15, 0.2) is 0 Å². The van der Waals surface area contributed by atoms with Crippen LogP contribution in [0.4, 0.5) is 21.9 Å². The van der Waals surface area contributed by atoms with Crippen molar-refractivity contribution in [3.8, 4) is 5.95 Å². The molecule has 2 N–H and O–H groups in total. The number of nitrogens with zero attached hydrogens (tertiary/aromatic N) is 5. The van der Waals surface area contributed by atoms with Gasteiger partial charge in [-0.1, -0.05) is 6.07 Å². The van der Waals surface area contributed by atoms with Gasteiger partial charge in [-0.25, -0.2) is 19.4 Å². The monoisotopic (exact) mass is 369 g/mol. The van der Waals surface area contributed by atoms with E-state index >= 15 is 0 Å². The molecule has 0 aliphatic rings. The number of nitrogens with one attached hydrogen (secondary N) is 2. The molecule has 134 valence electrons. The minimum Gasteiger partial charge on any atom is -0.375 e. The average Bonchev–Trinajstić information content (AvgIpc) is 3.10. The molecule has 8 nitrogen and oxygen atoms in total. The summed E-state index contributed by atoms with van der Waals surface area (Å²) in [6, 6.07) is 7.29. The third kappa shape index (κ3) is 4.31. The number of carbonyl (C=O) groups is 1. The molecule has 3 rings (SSSR count). The van der Waals surface area contributed by atoms with Gasteiger partial charge in [-0.2, -0.15) is 5.10 Å². The van der Waals surface area contributed by atoms with Crippen molar-refractivity contribution in [3.05, 3.63) is 49.1 Å². The fourth-order valence-corrected chi connectivity index (χ4v) is 2.61. The van der Waals surface area contributed by atoms with Crippen LogP contribution in [0.25, 0.3) is 5.95 Å². The molecule has 1 aromatic carbocycles. The summed E-state index contributed by atoms with van der Waals surface area (Å²) >= 11 is 1.62. The summed E-state index contributed by atoms with van der Waals surface area (Å²) in [6.07, 6.45) is 8.61. The molecule has 2 aromatic heterocycles. The first-order valence-electron chi connectivity index (χ1n) is 7.81. The molecule has 2 heterocycles. The van der Waals surface area contributed by atoms with Crippen LogP contribution in [-0.4, -0.2) is 46.1 Å². The molecule has 0 saturated heterocycles. The van der Waals surface area contributed by atoms with E-state index in [4.69, 9.17) is 0 Å². The summed E-state index contributed by atoms with van der Waals surface area (Å²) in [7, 11) is 3.84. The van der Waals surface area contributed by atoms with Gasteiger partial charge in [-0.3, -0.25) is 0 Å². The molecule has 0 atom stereocenters. The lowest BCUT2D eigenvalue weighted by atomic mass is 10.3. The number of rotatable bonds is 5. The quantitative estimate of drug-likeness (QED) is 0.672. The highest BCUT2D eigenvalue weighted by Crippen LogP contribution is 2.19. The van der Waals surface area contributed by atoms with Gasteiger partial charge in [0.2, 0.25) is 0 Å². The fourth-order valence-electron chi connectivity index (χ4n) is 2.15. The van der Waals surface area contributed by atoms with Crippen LogP contribution < -0.4 is 15.5 Å². The Hall–Kier alpha value is -3.07. The zero-order chi connectivity index (χ0) is 18.5. The molecule has 9 heteroatoms. The number of amides is 2. The van der Waals surface area contributed by atoms with Crippen LogP contribution in [0, 0.1) is 0 Å². The van der Waals surface area contributed by atoms with Gasteiger partial charge in [0.1, 0.15) is 0 Å². The van der Waals surface area contributed by atoms with Crippen LogP contribution in [0.15, 0.2) is 53.9 Å². The number of hydrogen-bond acceptors (Lipinski definition) is 6. The van der Waals surface area contributed by atoms with Gasteiger partial charge in [0.25, 0.3) is 5.95 Å². The zero-order valence-corrected chi connectivity index (χ0v) is 15.5. The van der Waals surface area contributed by atoms with Crippen molar-refractivity contribution in [2.45, 2.75) is 4.90 Å². The van der Waals surface area contributed by atoms with Crippen LogP contribution >= 0.6 is 11.8 Å². The SMILES string of the molecule is CSc1cccc(NC(=O)Nc2cnn(-c3ncc(N(C)C)cn3)c2)c1. The van der Waals surface area contributed by atoms with Gasteiger partial charge < -0.3 is 15.5 Å². The summed E-state index contributed by atoms with van der Waals surface area (Å²) in [5.41, 5.74) is 2.17. The van der Waals surface area contributed by atoms with Gasteiger partial charge >= 0.3 is 6.03 Å². The summed E-state index contributed by atoms with van der Waals surface area (Å²) in [5, 5.41) is 9.72. The van der Waals surface area contributed by atoms with Crippen LogP contribution in [0.2, 0.25) is 0 Å². The highest BCUT2D eigenvalue weighted by Gasteiger charge is 2.08. The molecule has 3 aromatic rings. The summed E-state index contributed by atoms with van der Waals surface area (Å²) in [6.45, 7) is 0. The third-order valence-corrected chi connectivity index (χ3v) is 4.24. The Kier molecular flexibility index (Phi) is 5.37. The predicted molar refractivity (Wildman–Crippen MR) is 104 cm³/mol. The van der Waals surface area contributed by atoms with Crippen molar-refractivity contribution >= 4 is 34.9 Å². The first-order chi connectivity index (χ1) is 12.5. The maximum atomic E-state index is 12.1. The Morgan fingerprint density at radius 1 is 1.12 bits per heavy atom. The Labute approximate surface area is 155 Å². The van der Waals surface area contributed by atoms with E-state index in [9.17, 15) is 4.79 Å². The number of hydrogen-bond donors (Lipinski definition) is 2. The summed E-state index contributed by atoms with van der Waals surface area (Å²) < 4.78 is 1.50. The molecule has 2 amide bonds. The van der Waals surface area contributed by atoms with E-state index in [1.807, 2.05) is 49.5 Å². The van der Waals surface area contributed by atoms with E-state index in [1.165, 1.54) is 4.68 Å². The van der Waals surface area contributed by atoms with Crippen molar-refractivity contribution in [1.82, 2.24) is 19.7 Å². The maximum Gasteiger partial charge on any atom is 0.323 e. The molecule has 0 aliphatic carbocycles. The normalized spacial score (nSPS) is 10.4. The Bertz CT molecular complexity index is 892. The number of aromatic nitrogens is 4. The Balaban J connectivity index is 1.65. The fraction of sp³-hybridized carbons (Fsp3) is 0.176. The summed E-state index contributed by atoms with van der Waals surface area (Å²) in [4.78, 5) is 23.7. The number of benzene rings is 1. The smallest absolute Gasteiger partial charge is 0.323 e. The number of anilines is 3. The second-order valence-electron chi connectivity index (χ2n) is 5.62. The van der Waals surface area contributed by atoms with Gasteiger partial charge in [0, 0.05) is 24.7 Å². The van der Waals surface area contributed by atoms with E-state index in [-0.39, 0.29) is 6.03 Å². The topological polar surface area (TPSA) is 88.0 Å². The molecule has 0 saturated carbocycles. The molecular weight excluding hydrogens is 350 g/mol. The van der Waals surface area contributed by atoms with Gasteiger partial charge in [-0.15, -0.1) is 11.8 Å². The molecule has 0 spiro atoms. The molecular formula is C17H19N7OS. The van der Waals surface area contributed by atoms with E-state index in [0.717, 1.165) is 16.3 Å². The standard InChI is InChI=1S/C17H19N7OS/c1-23(2)14-9-18-16(19-10-14)24-11-13(8-20-24)22-17(25)21-12-5-4-6-15(7-12)26-3/h4-11H,1-3H3,(H2,21,22,25). The second-order valence-corrected chi connectivity index (χ2v) is 6.50. The maximum absolute atomic E-state index is 12.1. The highest BCUT2D eigenvalue weighted by atomic mass is 32.2. The lowest BCUT2D eigenvalue weighted by molar-refractivity contribution is 0.262. The van der Waals surface area contributed by atoms with Gasteiger partial charge in [-0.05, 0) is 24.5 Å². The molecule has 0 bridgehead atoms. The van der Waals surface area contributed by atoms with Gasteiger partial charge in [0.05, 0.1) is 36.2 Å². The van der Waals surface area contributed by atoms with Crippen LogP contribution in [0.5, 0.6) is 0 Å². The average molecular weight is 369 g/mol. The van der Waals surface area contributed by atoms with Crippen molar-refractivity contribution in [1.29, 1.82) is 0 Å². The predicted octanol–water partition coefficient (Wildman–Crippen LogP) is 3.09. The van der Waals surface area contributed by atoms with Crippen LogP contribution in [0.3, 0.4) is 0 Å². The first-order valence-corrected chi connectivity index (χ1v) is 9.04. The zero-order valence-electron chi connectivity index (χ0n) is 14.7. The van der Waals surface area contributed by atoms with Crippen LogP contribution in [0.1, 0.15) is 0 Å². The van der Waals surface area contributed by atoms with E-state index in [2.05, 4.69) is 25.7 Å². The number of thioether (sulfide) groups is 1. The minimum atomic E-state index is -0.341.